The molecule has 0 unspecified atom stereocenters. The minimum Gasteiger partial charge on any atom is -0.350 e. The van der Waals surface area contributed by atoms with Crippen LogP contribution in [0.1, 0.15) is 21.7 Å². The molecule has 0 atom stereocenters. The second kappa shape index (κ2) is 8.95. The number of halogens is 1. The van der Waals surface area contributed by atoms with Crippen LogP contribution in [0, 0.1) is 22.9 Å². The number of rotatable bonds is 7. The summed E-state index contributed by atoms with van der Waals surface area (Å²) in [7, 11) is 0. The first kappa shape index (κ1) is 20.6. The fourth-order valence-electron chi connectivity index (χ4n) is 2.77. The summed E-state index contributed by atoms with van der Waals surface area (Å²) in [5, 5.41) is 15.7. The van der Waals surface area contributed by atoms with Gasteiger partial charge in [-0.3, -0.25) is 19.7 Å². The summed E-state index contributed by atoms with van der Waals surface area (Å²) in [5.74, 6) is -0.903. The van der Waals surface area contributed by atoms with Crippen molar-refractivity contribution >= 4 is 17.5 Å². The van der Waals surface area contributed by atoms with Gasteiger partial charge in [-0.25, -0.2) is 9.37 Å². The fourth-order valence-corrected chi connectivity index (χ4v) is 2.77. The highest BCUT2D eigenvalue weighted by atomic mass is 19.1. The molecule has 3 aromatic rings. The quantitative estimate of drug-likeness (QED) is 0.457. The van der Waals surface area contributed by atoms with E-state index in [4.69, 9.17) is 0 Å². The van der Waals surface area contributed by atoms with Crippen molar-refractivity contribution in [1.29, 1.82) is 0 Å². The van der Waals surface area contributed by atoms with Crippen LogP contribution in [0.3, 0.4) is 0 Å². The number of carbonyl (C=O) groups is 2. The van der Waals surface area contributed by atoms with Gasteiger partial charge in [0.05, 0.1) is 17.2 Å². The van der Waals surface area contributed by atoms with Crippen LogP contribution >= 0.6 is 0 Å². The minimum absolute atomic E-state index is 0.0736. The number of nitrogens with one attached hydrogen (secondary N) is 2. The van der Waals surface area contributed by atoms with E-state index in [1.807, 2.05) is 0 Å². The predicted molar refractivity (Wildman–Crippen MR) is 106 cm³/mol. The summed E-state index contributed by atoms with van der Waals surface area (Å²) in [4.78, 5) is 38.2. The largest absolute Gasteiger partial charge is 0.350 e. The topological polar surface area (TPSA) is 119 Å². The number of nitrogens with zero attached hydrogens (tertiary/aromatic N) is 3. The third-order valence-electron chi connectivity index (χ3n) is 4.32. The van der Waals surface area contributed by atoms with E-state index in [0.717, 1.165) is 6.07 Å². The molecule has 2 amide bonds. The molecule has 9 nitrogen and oxygen atoms in total. The molecule has 30 heavy (non-hydrogen) atoms. The summed E-state index contributed by atoms with van der Waals surface area (Å²) in [6.45, 7) is 1.51. The average molecular weight is 411 g/mol. The fraction of sp³-hybridized carbons (Fsp3) is 0.150. The molecule has 10 heteroatoms. The van der Waals surface area contributed by atoms with Gasteiger partial charge in [-0.2, -0.15) is 0 Å². The highest BCUT2D eigenvalue weighted by molar-refractivity contribution is 5.96. The van der Waals surface area contributed by atoms with E-state index in [1.54, 1.807) is 36.0 Å². The lowest BCUT2D eigenvalue weighted by atomic mass is 10.2. The Balaban J connectivity index is 1.53. The van der Waals surface area contributed by atoms with E-state index in [1.165, 1.54) is 24.3 Å². The number of carbonyl (C=O) groups excluding carboxylic acids is 2. The standard InChI is InChI=1S/C20H18FN5O4/c1-13-22-7-8-25(13)18-6-5-14(9-17(18)21)11-23-19(27)12-24-20(28)15-3-2-4-16(10-15)26(29)30/h2-10H,11-12H2,1H3,(H,23,27)(H,24,28). The van der Waals surface area contributed by atoms with Gasteiger partial charge in [0, 0.05) is 36.6 Å². The van der Waals surface area contributed by atoms with Crippen LogP contribution in [-0.2, 0) is 11.3 Å². The number of aryl methyl sites for hydroxylation is 1. The molecule has 0 fully saturated rings. The molecule has 0 aliphatic heterocycles. The number of benzene rings is 2. The number of hydrogen-bond acceptors (Lipinski definition) is 5. The van der Waals surface area contributed by atoms with E-state index in [0.29, 0.717) is 17.1 Å². The number of amides is 2. The van der Waals surface area contributed by atoms with Crippen molar-refractivity contribution in [3.63, 3.8) is 0 Å². The zero-order chi connectivity index (χ0) is 21.7. The second-order valence-electron chi connectivity index (χ2n) is 6.40. The molecule has 2 N–H and O–H groups in total. The third kappa shape index (κ3) is 4.85. The van der Waals surface area contributed by atoms with E-state index < -0.39 is 22.6 Å². The maximum atomic E-state index is 14.4. The number of hydrogen-bond donors (Lipinski definition) is 2. The van der Waals surface area contributed by atoms with Crippen LogP contribution in [0.25, 0.3) is 5.69 Å². The molecule has 0 aliphatic carbocycles. The lowest BCUT2D eigenvalue weighted by Gasteiger charge is -2.10. The zero-order valence-electron chi connectivity index (χ0n) is 16.0. The molecular weight excluding hydrogens is 393 g/mol. The number of imidazole rings is 1. The van der Waals surface area contributed by atoms with Gasteiger partial charge in [0.25, 0.3) is 11.6 Å². The third-order valence-corrected chi connectivity index (χ3v) is 4.32. The predicted octanol–water partition coefficient (Wildman–Crippen LogP) is 2.27. The Labute approximate surface area is 170 Å². The van der Waals surface area contributed by atoms with Crippen molar-refractivity contribution in [3.8, 4) is 5.69 Å². The number of non-ortho nitro benzene ring substituents is 1. The van der Waals surface area contributed by atoms with Gasteiger partial charge in [-0.15, -0.1) is 0 Å². The van der Waals surface area contributed by atoms with Crippen molar-refractivity contribution in [3.05, 3.63) is 87.7 Å². The summed E-state index contributed by atoms with van der Waals surface area (Å²) in [6, 6.07) is 9.77. The molecule has 1 aromatic heterocycles. The normalized spacial score (nSPS) is 10.5. The highest BCUT2D eigenvalue weighted by Crippen LogP contribution is 2.17. The SMILES string of the molecule is Cc1nccn1-c1ccc(CNC(=O)CNC(=O)c2cccc([N+](=O)[O-])c2)cc1F. The van der Waals surface area contributed by atoms with Crippen LogP contribution in [0.5, 0.6) is 0 Å². The number of nitro benzene ring substituents is 1. The lowest BCUT2D eigenvalue weighted by Crippen LogP contribution is -2.36. The molecule has 0 saturated carbocycles. The van der Waals surface area contributed by atoms with Crippen LogP contribution in [0.4, 0.5) is 10.1 Å². The molecule has 0 bridgehead atoms. The Hall–Kier alpha value is -4.08. The molecule has 3 rings (SSSR count). The van der Waals surface area contributed by atoms with Gasteiger partial charge in [0.15, 0.2) is 0 Å². The Kier molecular flexibility index (Phi) is 6.16. The Bertz CT molecular complexity index is 1110. The maximum absolute atomic E-state index is 14.4. The molecule has 0 spiro atoms. The highest BCUT2D eigenvalue weighted by Gasteiger charge is 2.13. The van der Waals surface area contributed by atoms with E-state index in [2.05, 4.69) is 15.6 Å². The van der Waals surface area contributed by atoms with Gasteiger partial charge >= 0.3 is 0 Å². The molecule has 0 radical (unpaired) electrons. The first-order chi connectivity index (χ1) is 14.3. The number of nitro groups is 1. The monoisotopic (exact) mass is 411 g/mol. The Morgan fingerprint density at radius 1 is 1.20 bits per heavy atom. The molecule has 2 aromatic carbocycles. The molecule has 0 aliphatic rings. The number of aromatic nitrogens is 2. The first-order valence-corrected chi connectivity index (χ1v) is 8.93. The summed E-state index contributed by atoms with van der Waals surface area (Å²) < 4.78 is 16.0. The summed E-state index contributed by atoms with van der Waals surface area (Å²) >= 11 is 0. The van der Waals surface area contributed by atoms with Crippen molar-refractivity contribution in [2.75, 3.05) is 6.54 Å². The van der Waals surface area contributed by atoms with Gasteiger partial charge < -0.3 is 15.2 Å². The summed E-state index contributed by atoms with van der Waals surface area (Å²) in [6.07, 6.45) is 3.23. The Morgan fingerprint density at radius 3 is 2.67 bits per heavy atom. The van der Waals surface area contributed by atoms with Crippen molar-refractivity contribution < 1.29 is 18.9 Å². The van der Waals surface area contributed by atoms with E-state index >= 15 is 0 Å². The molecule has 1 heterocycles. The van der Waals surface area contributed by atoms with Gasteiger partial charge in [0.2, 0.25) is 5.91 Å². The van der Waals surface area contributed by atoms with Gasteiger partial charge in [-0.1, -0.05) is 12.1 Å². The average Bonchev–Trinajstić information content (AvgIpc) is 3.16. The maximum Gasteiger partial charge on any atom is 0.270 e. The molecular formula is C20H18FN5O4. The Morgan fingerprint density at radius 2 is 2.00 bits per heavy atom. The van der Waals surface area contributed by atoms with Crippen LogP contribution in [0.2, 0.25) is 0 Å². The second-order valence-corrected chi connectivity index (χ2v) is 6.40. The zero-order valence-corrected chi connectivity index (χ0v) is 16.0. The summed E-state index contributed by atoms with van der Waals surface area (Å²) in [5.41, 5.74) is 0.754. The van der Waals surface area contributed by atoms with Crippen LogP contribution in [-0.4, -0.2) is 32.8 Å². The van der Waals surface area contributed by atoms with Crippen molar-refractivity contribution in [2.45, 2.75) is 13.5 Å². The molecule has 154 valence electrons. The van der Waals surface area contributed by atoms with Crippen LogP contribution in [0.15, 0.2) is 54.9 Å². The molecule has 0 saturated heterocycles. The first-order valence-electron chi connectivity index (χ1n) is 8.93. The minimum atomic E-state index is -0.611. The van der Waals surface area contributed by atoms with Crippen molar-refractivity contribution in [2.24, 2.45) is 0 Å². The smallest absolute Gasteiger partial charge is 0.270 e. The van der Waals surface area contributed by atoms with E-state index in [9.17, 15) is 24.1 Å². The van der Waals surface area contributed by atoms with Crippen molar-refractivity contribution in [1.82, 2.24) is 20.2 Å². The lowest BCUT2D eigenvalue weighted by molar-refractivity contribution is -0.384. The van der Waals surface area contributed by atoms with Crippen LogP contribution < -0.4 is 10.6 Å². The van der Waals surface area contributed by atoms with E-state index in [-0.39, 0.29) is 24.3 Å². The van der Waals surface area contributed by atoms with Gasteiger partial charge in [-0.05, 0) is 30.7 Å². The van der Waals surface area contributed by atoms with Gasteiger partial charge in [0.1, 0.15) is 11.6 Å².